The summed E-state index contributed by atoms with van der Waals surface area (Å²) in [5, 5.41) is 0. The van der Waals surface area contributed by atoms with Gasteiger partial charge in [0.1, 0.15) is 6.61 Å². The van der Waals surface area contributed by atoms with Crippen LogP contribution in [0.3, 0.4) is 0 Å². The first-order chi connectivity index (χ1) is 7.67. The number of nitrogens with zero attached hydrogens (tertiary/aromatic N) is 1. The Kier molecular flexibility index (Phi) is 6.64. The summed E-state index contributed by atoms with van der Waals surface area (Å²) in [7, 11) is 0. The molecule has 0 aliphatic carbocycles. The van der Waals surface area contributed by atoms with Gasteiger partial charge < -0.3 is 15.4 Å². The number of rotatable bonds is 6. The summed E-state index contributed by atoms with van der Waals surface area (Å²) in [6.45, 7) is 10.9. The minimum atomic E-state index is -0.302. The number of hydrogen-bond acceptors (Lipinski definition) is 3. The van der Waals surface area contributed by atoms with E-state index in [0.717, 1.165) is 0 Å². The first kappa shape index (κ1) is 16.3. The highest BCUT2D eigenvalue weighted by Gasteiger charge is 2.19. The Balaban J connectivity index is 4.27. The summed E-state index contributed by atoms with van der Waals surface area (Å²) < 4.78 is 5.46. The van der Waals surface area contributed by atoms with Crippen molar-refractivity contribution < 1.29 is 9.53 Å². The van der Waals surface area contributed by atoms with E-state index in [-0.39, 0.29) is 24.0 Å². The van der Waals surface area contributed by atoms with Crippen LogP contribution >= 0.6 is 12.2 Å². The van der Waals surface area contributed by atoms with Crippen LogP contribution < -0.4 is 5.73 Å². The van der Waals surface area contributed by atoms with Crippen LogP contribution in [-0.4, -0.2) is 41.1 Å². The molecule has 0 rings (SSSR count). The van der Waals surface area contributed by atoms with Crippen LogP contribution in [0.25, 0.3) is 0 Å². The lowest BCUT2D eigenvalue weighted by molar-refractivity contribution is -0.141. The second kappa shape index (κ2) is 6.91. The Labute approximate surface area is 109 Å². The summed E-state index contributed by atoms with van der Waals surface area (Å²) >= 11 is 4.90. The van der Waals surface area contributed by atoms with Crippen molar-refractivity contribution in [2.24, 2.45) is 11.7 Å². The minimum absolute atomic E-state index is 0.0227. The highest BCUT2D eigenvalue weighted by molar-refractivity contribution is 7.80. The molecule has 0 saturated carbocycles. The Bertz CT molecular complexity index is 274. The van der Waals surface area contributed by atoms with Crippen LogP contribution in [0.15, 0.2) is 0 Å². The zero-order chi connectivity index (χ0) is 13.6. The van der Waals surface area contributed by atoms with Crippen LogP contribution in [-0.2, 0) is 9.53 Å². The molecule has 1 atom stereocenters. The summed E-state index contributed by atoms with van der Waals surface area (Å²) in [5.74, 6) is 0.00839. The van der Waals surface area contributed by atoms with E-state index in [1.54, 1.807) is 4.90 Å². The zero-order valence-electron chi connectivity index (χ0n) is 11.4. The van der Waals surface area contributed by atoms with Crippen molar-refractivity contribution in [3.05, 3.63) is 0 Å². The molecule has 0 aromatic heterocycles. The van der Waals surface area contributed by atoms with Gasteiger partial charge in [-0.2, -0.15) is 0 Å². The predicted octanol–water partition coefficient (Wildman–Crippen LogP) is 1.57. The quantitative estimate of drug-likeness (QED) is 0.737. The summed E-state index contributed by atoms with van der Waals surface area (Å²) in [6, 6.07) is 0. The lowest BCUT2D eigenvalue weighted by Gasteiger charge is -2.26. The van der Waals surface area contributed by atoms with Crippen molar-refractivity contribution in [1.29, 1.82) is 0 Å². The van der Waals surface area contributed by atoms with E-state index in [0.29, 0.717) is 18.1 Å². The molecule has 1 unspecified atom stereocenters. The van der Waals surface area contributed by atoms with Crippen molar-refractivity contribution in [2.45, 2.75) is 40.2 Å². The van der Waals surface area contributed by atoms with Crippen molar-refractivity contribution in [1.82, 2.24) is 4.90 Å². The van der Waals surface area contributed by atoms with Gasteiger partial charge in [-0.15, -0.1) is 0 Å². The number of amides is 1. The van der Waals surface area contributed by atoms with Gasteiger partial charge in [0, 0.05) is 19.0 Å². The molecule has 17 heavy (non-hydrogen) atoms. The Hall–Kier alpha value is -0.680. The van der Waals surface area contributed by atoms with Crippen molar-refractivity contribution in [2.75, 3.05) is 19.7 Å². The Morgan fingerprint density at radius 2 is 2.00 bits per heavy atom. The average Bonchev–Trinajstić information content (AvgIpc) is 2.20. The van der Waals surface area contributed by atoms with Gasteiger partial charge in [-0.3, -0.25) is 4.79 Å². The number of hydrogen-bond donors (Lipinski definition) is 1. The molecule has 0 spiro atoms. The maximum absolute atomic E-state index is 11.9. The predicted molar refractivity (Wildman–Crippen MR) is 73.9 cm³/mol. The fourth-order valence-corrected chi connectivity index (χ4v) is 1.27. The van der Waals surface area contributed by atoms with Gasteiger partial charge >= 0.3 is 0 Å². The SMILES string of the molecule is CCN(CC(C)C(N)=S)C(=O)COC(C)(C)C. The molecule has 0 heterocycles. The fourth-order valence-electron chi connectivity index (χ4n) is 1.20. The van der Waals surface area contributed by atoms with Gasteiger partial charge in [-0.25, -0.2) is 0 Å². The molecule has 0 radical (unpaired) electrons. The largest absolute Gasteiger partial charge is 0.393 e. The summed E-state index contributed by atoms with van der Waals surface area (Å²) in [4.78, 5) is 14.1. The van der Waals surface area contributed by atoms with Gasteiger partial charge in [0.25, 0.3) is 0 Å². The van der Waals surface area contributed by atoms with E-state index in [9.17, 15) is 4.79 Å². The van der Waals surface area contributed by atoms with Crippen LogP contribution in [0.2, 0.25) is 0 Å². The topological polar surface area (TPSA) is 55.6 Å². The highest BCUT2D eigenvalue weighted by Crippen LogP contribution is 2.08. The molecule has 0 aromatic rings. The molecule has 100 valence electrons. The van der Waals surface area contributed by atoms with E-state index in [1.165, 1.54) is 0 Å². The van der Waals surface area contributed by atoms with Crippen LogP contribution in [0, 0.1) is 5.92 Å². The number of thiocarbonyl (C=S) groups is 1. The van der Waals surface area contributed by atoms with E-state index < -0.39 is 0 Å². The van der Waals surface area contributed by atoms with Gasteiger partial charge in [0.2, 0.25) is 5.91 Å². The van der Waals surface area contributed by atoms with Crippen molar-refractivity contribution >= 4 is 23.1 Å². The third-order valence-electron chi connectivity index (χ3n) is 2.34. The number of carbonyl (C=O) groups excluding carboxylic acids is 1. The molecule has 2 N–H and O–H groups in total. The summed E-state index contributed by atoms with van der Waals surface area (Å²) in [6.07, 6.45) is 0. The first-order valence-electron chi connectivity index (χ1n) is 5.88. The normalized spacial score (nSPS) is 13.2. The molecule has 0 saturated heterocycles. The van der Waals surface area contributed by atoms with E-state index in [2.05, 4.69) is 0 Å². The van der Waals surface area contributed by atoms with E-state index >= 15 is 0 Å². The Morgan fingerprint density at radius 1 is 1.47 bits per heavy atom. The van der Waals surface area contributed by atoms with Gasteiger partial charge in [0.15, 0.2) is 0 Å². The maximum Gasteiger partial charge on any atom is 0.248 e. The lowest BCUT2D eigenvalue weighted by atomic mass is 10.1. The van der Waals surface area contributed by atoms with E-state index in [1.807, 2.05) is 34.6 Å². The zero-order valence-corrected chi connectivity index (χ0v) is 12.3. The molecule has 4 nitrogen and oxygen atoms in total. The summed E-state index contributed by atoms with van der Waals surface area (Å²) in [5.41, 5.74) is 5.24. The van der Waals surface area contributed by atoms with Crippen LogP contribution in [0.1, 0.15) is 34.6 Å². The number of ether oxygens (including phenoxy) is 1. The highest BCUT2D eigenvalue weighted by atomic mass is 32.1. The number of likely N-dealkylation sites (N-methyl/N-ethyl adjacent to an activating group) is 1. The second-order valence-corrected chi connectivity index (χ2v) is 5.61. The molecular formula is C12H24N2O2S. The lowest BCUT2D eigenvalue weighted by Crippen LogP contribution is -2.41. The fraction of sp³-hybridized carbons (Fsp3) is 0.833. The third kappa shape index (κ3) is 7.28. The molecule has 0 bridgehead atoms. The average molecular weight is 260 g/mol. The number of nitrogens with two attached hydrogens (primary N) is 1. The molecule has 0 aromatic carbocycles. The van der Waals surface area contributed by atoms with Gasteiger partial charge in [0.05, 0.1) is 10.6 Å². The minimum Gasteiger partial charge on any atom is -0.393 e. The van der Waals surface area contributed by atoms with Gasteiger partial charge in [-0.05, 0) is 27.7 Å². The molecule has 0 fully saturated rings. The van der Waals surface area contributed by atoms with Crippen molar-refractivity contribution in [3.63, 3.8) is 0 Å². The second-order valence-electron chi connectivity index (χ2n) is 5.14. The third-order valence-corrected chi connectivity index (χ3v) is 2.75. The van der Waals surface area contributed by atoms with Crippen LogP contribution in [0.4, 0.5) is 0 Å². The van der Waals surface area contributed by atoms with Gasteiger partial charge in [-0.1, -0.05) is 19.1 Å². The standard InChI is InChI=1S/C12H24N2O2S/c1-6-14(7-9(2)11(13)17)10(15)8-16-12(3,4)5/h9H,6-8H2,1-5H3,(H2,13,17). The van der Waals surface area contributed by atoms with Crippen molar-refractivity contribution in [3.8, 4) is 0 Å². The van der Waals surface area contributed by atoms with E-state index in [4.69, 9.17) is 22.7 Å². The molecule has 1 amide bonds. The smallest absolute Gasteiger partial charge is 0.248 e. The Morgan fingerprint density at radius 3 is 2.35 bits per heavy atom. The molecule has 0 aliphatic heterocycles. The molecule has 0 aliphatic rings. The first-order valence-corrected chi connectivity index (χ1v) is 6.29. The molecular weight excluding hydrogens is 236 g/mol. The number of carbonyl (C=O) groups is 1. The monoisotopic (exact) mass is 260 g/mol. The maximum atomic E-state index is 11.9. The van der Waals surface area contributed by atoms with Crippen LogP contribution in [0.5, 0.6) is 0 Å². The molecule has 5 heteroatoms.